The number of carbonyl (C=O) groups excluding carboxylic acids is 1. The molecule has 1 aromatic carbocycles. The second-order valence-corrected chi connectivity index (χ2v) is 5.68. The van der Waals surface area contributed by atoms with Gasteiger partial charge in [-0.15, -0.1) is 0 Å². The van der Waals surface area contributed by atoms with Gasteiger partial charge in [-0.3, -0.25) is 4.79 Å². The molecule has 1 saturated heterocycles. The van der Waals surface area contributed by atoms with Crippen LogP contribution in [0.15, 0.2) is 30.3 Å². The number of carbonyl (C=O) groups is 1. The Morgan fingerprint density at radius 3 is 2.86 bits per heavy atom. The molecule has 116 valence electrons. The third kappa shape index (κ3) is 5.38. The predicted molar refractivity (Wildman–Crippen MR) is 87.5 cm³/mol. The number of amides is 1. The highest BCUT2D eigenvalue weighted by molar-refractivity contribution is 5.76. The maximum Gasteiger partial charge on any atom is 0.220 e. The van der Waals surface area contributed by atoms with Crippen LogP contribution >= 0.6 is 0 Å². The zero-order valence-electron chi connectivity index (χ0n) is 13.0. The summed E-state index contributed by atoms with van der Waals surface area (Å²) in [4.78, 5) is 14.2. The molecule has 1 fully saturated rings. The van der Waals surface area contributed by atoms with Gasteiger partial charge in [-0.2, -0.15) is 0 Å². The molecular formula is C17H27N3O. The normalized spacial score (nSPS) is 17.7. The van der Waals surface area contributed by atoms with Crippen LogP contribution in [0.5, 0.6) is 0 Å². The van der Waals surface area contributed by atoms with Gasteiger partial charge in [0.1, 0.15) is 0 Å². The molecule has 0 spiro atoms. The van der Waals surface area contributed by atoms with Crippen LogP contribution in [0.1, 0.15) is 26.2 Å². The topological polar surface area (TPSA) is 44.4 Å². The van der Waals surface area contributed by atoms with Crippen LogP contribution < -0.4 is 15.5 Å². The molecule has 1 heterocycles. The molecule has 0 aromatic heterocycles. The molecular weight excluding hydrogens is 262 g/mol. The van der Waals surface area contributed by atoms with Crippen molar-refractivity contribution in [3.05, 3.63) is 30.3 Å². The van der Waals surface area contributed by atoms with E-state index in [1.54, 1.807) is 0 Å². The minimum absolute atomic E-state index is 0.200. The fourth-order valence-electron chi connectivity index (χ4n) is 2.83. The van der Waals surface area contributed by atoms with Crippen LogP contribution in [-0.2, 0) is 4.79 Å². The van der Waals surface area contributed by atoms with Gasteiger partial charge in [0.25, 0.3) is 0 Å². The largest absolute Gasteiger partial charge is 0.372 e. The molecule has 1 aliphatic heterocycles. The van der Waals surface area contributed by atoms with Gasteiger partial charge >= 0.3 is 0 Å². The van der Waals surface area contributed by atoms with E-state index in [2.05, 4.69) is 46.7 Å². The number of nitrogens with one attached hydrogen (secondary N) is 2. The Morgan fingerprint density at radius 2 is 2.19 bits per heavy atom. The monoisotopic (exact) mass is 289 g/mol. The zero-order chi connectivity index (χ0) is 14.9. The van der Waals surface area contributed by atoms with E-state index >= 15 is 0 Å². The average molecular weight is 289 g/mol. The molecule has 2 rings (SSSR count). The van der Waals surface area contributed by atoms with Gasteiger partial charge in [0.2, 0.25) is 5.91 Å². The van der Waals surface area contributed by atoms with Gasteiger partial charge in [-0.1, -0.05) is 18.2 Å². The van der Waals surface area contributed by atoms with E-state index in [1.807, 2.05) is 6.07 Å². The van der Waals surface area contributed by atoms with E-state index in [9.17, 15) is 4.79 Å². The Balaban J connectivity index is 1.63. The van der Waals surface area contributed by atoms with Crippen LogP contribution in [0.4, 0.5) is 5.69 Å². The van der Waals surface area contributed by atoms with E-state index in [4.69, 9.17) is 0 Å². The van der Waals surface area contributed by atoms with Gasteiger partial charge in [0, 0.05) is 31.7 Å². The summed E-state index contributed by atoms with van der Waals surface area (Å²) in [5.41, 5.74) is 1.25. The summed E-state index contributed by atoms with van der Waals surface area (Å²) in [5, 5.41) is 6.35. The van der Waals surface area contributed by atoms with Crippen molar-refractivity contribution in [1.29, 1.82) is 0 Å². The Hall–Kier alpha value is -1.55. The molecule has 1 amide bonds. The number of nitrogens with zero attached hydrogens (tertiary/aromatic N) is 1. The van der Waals surface area contributed by atoms with Crippen LogP contribution in [0.2, 0.25) is 0 Å². The molecule has 1 aromatic rings. The smallest absolute Gasteiger partial charge is 0.220 e. The third-order valence-electron chi connectivity index (χ3n) is 4.07. The number of hydrogen-bond donors (Lipinski definition) is 2. The van der Waals surface area contributed by atoms with Crippen molar-refractivity contribution in [3.63, 3.8) is 0 Å². The first kappa shape index (κ1) is 15.8. The minimum Gasteiger partial charge on any atom is -0.372 e. The lowest BCUT2D eigenvalue weighted by Gasteiger charge is -2.23. The molecule has 21 heavy (non-hydrogen) atoms. The van der Waals surface area contributed by atoms with Crippen molar-refractivity contribution in [2.75, 3.05) is 37.6 Å². The van der Waals surface area contributed by atoms with Gasteiger partial charge < -0.3 is 15.5 Å². The van der Waals surface area contributed by atoms with Gasteiger partial charge in [-0.25, -0.2) is 0 Å². The fourth-order valence-corrected chi connectivity index (χ4v) is 2.83. The van der Waals surface area contributed by atoms with Gasteiger partial charge in [0.05, 0.1) is 0 Å². The number of anilines is 1. The highest BCUT2D eigenvalue weighted by atomic mass is 16.1. The Bertz CT molecular complexity index is 415. The summed E-state index contributed by atoms with van der Waals surface area (Å²) in [7, 11) is 0. The van der Waals surface area contributed by atoms with Crippen molar-refractivity contribution >= 4 is 11.6 Å². The molecule has 0 saturated carbocycles. The highest BCUT2D eigenvalue weighted by Crippen LogP contribution is 2.13. The standard InChI is InChI=1S/C17H27N3O/c1-2-20(16-7-4-3-5-8-16)12-6-10-19-17(21)13-15-9-11-18-14-15/h3-5,7-8,15,18H,2,6,9-14H2,1H3,(H,19,21). The lowest BCUT2D eigenvalue weighted by molar-refractivity contribution is -0.121. The van der Waals surface area contributed by atoms with E-state index in [1.165, 1.54) is 5.69 Å². The Morgan fingerprint density at radius 1 is 1.38 bits per heavy atom. The number of benzene rings is 1. The molecule has 0 bridgehead atoms. The number of para-hydroxylation sites is 1. The summed E-state index contributed by atoms with van der Waals surface area (Å²) in [6.45, 7) is 6.95. The summed E-state index contributed by atoms with van der Waals surface area (Å²) in [6, 6.07) is 10.4. The molecule has 1 atom stereocenters. The summed E-state index contributed by atoms with van der Waals surface area (Å²) >= 11 is 0. The predicted octanol–water partition coefficient (Wildman–Crippen LogP) is 2.02. The second-order valence-electron chi connectivity index (χ2n) is 5.68. The second kappa shape index (κ2) is 8.67. The van der Waals surface area contributed by atoms with Crippen molar-refractivity contribution in [1.82, 2.24) is 10.6 Å². The number of rotatable bonds is 8. The van der Waals surface area contributed by atoms with E-state index in [-0.39, 0.29) is 5.91 Å². The Labute approximate surface area is 127 Å². The summed E-state index contributed by atoms with van der Waals surface area (Å²) in [6.07, 6.45) is 2.78. The van der Waals surface area contributed by atoms with Crippen molar-refractivity contribution < 1.29 is 4.79 Å². The first-order valence-corrected chi connectivity index (χ1v) is 8.07. The van der Waals surface area contributed by atoms with Gasteiger partial charge in [0.15, 0.2) is 0 Å². The maximum atomic E-state index is 11.8. The first-order valence-electron chi connectivity index (χ1n) is 8.07. The van der Waals surface area contributed by atoms with E-state index in [0.717, 1.165) is 45.6 Å². The lowest BCUT2D eigenvalue weighted by Crippen LogP contribution is -2.31. The van der Waals surface area contributed by atoms with Crippen molar-refractivity contribution in [2.45, 2.75) is 26.2 Å². The van der Waals surface area contributed by atoms with Crippen LogP contribution in [0.3, 0.4) is 0 Å². The van der Waals surface area contributed by atoms with E-state index in [0.29, 0.717) is 12.3 Å². The van der Waals surface area contributed by atoms with Crippen molar-refractivity contribution in [2.24, 2.45) is 5.92 Å². The molecule has 1 aliphatic rings. The zero-order valence-corrected chi connectivity index (χ0v) is 13.0. The third-order valence-corrected chi connectivity index (χ3v) is 4.07. The summed E-state index contributed by atoms with van der Waals surface area (Å²) in [5.74, 6) is 0.730. The van der Waals surface area contributed by atoms with Crippen LogP contribution in [-0.4, -0.2) is 38.6 Å². The summed E-state index contributed by atoms with van der Waals surface area (Å²) < 4.78 is 0. The molecule has 1 unspecified atom stereocenters. The molecule has 0 radical (unpaired) electrons. The molecule has 4 nitrogen and oxygen atoms in total. The van der Waals surface area contributed by atoms with Crippen LogP contribution in [0.25, 0.3) is 0 Å². The highest BCUT2D eigenvalue weighted by Gasteiger charge is 2.17. The lowest BCUT2D eigenvalue weighted by atomic mass is 10.0. The van der Waals surface area contributed by atoms with E-state index < -0.39 is 0 Å². The molecule has 0 aliphatic carbocycles. The Kier molecular flexibility index (Phi) is 6.54. The number of hydrogen-bond acceptors (Lipinski definition) is 3. The van der Waals surface area contributed by atoms with Crippen LogP contribution in [0, 0.1) is 5.92 Å². The molecule has 2 N–H and O–H groups in total. The maximum absolute atomic E-state index is 11.8. The SMILES string of the molecule is CCN(CCCNC(=O)CC1CCNC1)c1ccccc1. The molecule has 4 heteroatoms. The quantitative estimate of drug-likeness (QED) is 0.720. The van der Waals surface area contributed by atoms with Gasteiger partial charge in [-0.05, 0) is 50.9 Å². The average Bonchev–Trinajstić information content (AvgIpc) is 3.01. The minimum atomic E-state index is 0.200. The first-order chi connectivity index (χ1) is 10.3. The fraction of sp³-hybridized carbons (Fsp3) is 0.588. The van der Waals surface area contributed by atoms with Crippen molar-refractivity contribution in [3.8, 4) is 0 Å².